The van der Waals surface area contributed by atoms with E-state index >= 15 is 0 Å². The summed E-state index contributed by atoms with van der Waals surface area (Å²) in [4.78, 5) is 22.7. The molecule has 2 aromatic carbocycles. The van der Waals surface area contributed by atoms with Gasteiger partial charge in [-0.2, -0.15) is 0 Å². The molecule has 0 aromatic heterocycles. The molecule has 3 rings (SSSR count). The largest absolute Gasteiger partial charge is 0.507 e. The Bertz CT molecular complexity index is 1100. The molecule has 6 nitrogen and oxygen atoms in total. The van der Waals surface area contributed by atoms with Crippen LogP contribution in [0.5, 0.6) is 17.2 Å². The van der Waals surface area contributed by atoms with E-state index in [9.17, 15) is 14.7 Å². The average molecular weight is 495 g/mol. The first kappa shape index (κ1) is 27.3. The molecule has 2 aromatic rings. The highest BCUT2D eigenvalue weighted by Gasteiger charge is 2.22. The van der Waals surface area contributed by atoms with Gasteiger partial charge in [0.1, 0.15) is 17.2 Å². The number of hydrogen-bond acceptors (Lipinski definition) is 5. The van der Waals surface area contributed by atoms with E-state index in [4.69, 9.17) is 14.6 Å². The number of hydrogen-bond donors (Lipinski definition) is 2. The molecule has 0 radical (unpaired) electrons. The van der Waals surface area contributed by atoms with E-state index in [0.29, 0.717) is 42.9 Å². The number of carboxylic acids is 1. The third kappa shape index (κ3) is 6.90. The van der Waals surface area contributed by atoms with Gasteiger partial charge < -0.3 is 19.7 Å². The Balaban J connectivity index is 1.63. The number of ketones is 1. The number of phenols is 1. The van der Waals surface area contributed by atoms with E-state index in [0.717, 1.165) is 44.3 Å². The zero-order chi connectivity index (χ0) is 26.1. The second kappa shape index (κ2) is 13.1. The van der Waals surface area contributed by atoms with E-state index in [2.05, 4.69) is 19.1 Å². The molecule has 0 saturated carbocycles. The first-order valence-electron chi connectivity index (χ1n) is 13.0. The topological polar surface area (TPSA) is 93.1 Å². The van der Waals surface area contributed by atoms with Crippen LogP contribution >= 0.6 is 0 Å². The summed E-state index contributed by atoms with van der Waals surface area (Å²) in [7, 11) is 0. The fourth-order valence-corrected chi connectivity index (χ4v) is 4.91. The standard InChI is InChI=1S/C30H38O6/c1-4-7-24-26-19-21(10-16-29(32)33)9-11-22(26)12-14-27(24)35-17-6-18-36-28-15-13-23(20(3)31)30(34)25(28)8-5-2/h10,12-16,21,34H,4-9,11,17-19H2,1-3H3,(H,32,33)/b16-10+. The molecule has 36 heavy (non-hydrogen) atoms. The molecule has 0 saturated heterocycles. The number of ether oxygens (including phenoxy) is 2. The van der Waals surface area contributed by atoms with Crippen molar-refractivity contribution in [3.8, 4) is 17.2 Å². The number of fused-ring (bicyclic) bond motifs is 1. The minimum Gasteiger partial charge on any atom is -0.507 e. The van der Waals surface area contributed by atoms with E-state index in [-0.39, 0.29) is 17.5 Å². The molecule has 0 bridgehead atoms. The van der Waals surface area contributed by atoms with Gasteiger partial charge in [0, 0.05) is 18.1 Å². The molecule has 0 amide bonds. The van der Waals surface area contributed by atoms with Gasteiger partial charge in [-0.1, -0.05) is 38.8 Å². The van der Waals surface area contributed by atoms with Crippen LogP contribution in [-0.4, -0.2) is 35.2 Å². The van der Waals surface area contributed by atoms with Crippen LogP contribution in [0, 0.1) is 5.92 Å². The number of carbonyl (C=O) groups excluding carboxylic acids is 1. The number of aliphatic carboxylic acids is 1. The molecular formula is C30H38O6. The second-order valence-electron chi connectivity index (χ2n) is 9.43. The van der Waals surface area contributed by atoms with Crippen molar-refractivity contribution in [2.75, 3.05) is 13.2 Å². The molecule has 6 heteroatoms. The molecule has 0 aliphatic heterocycles. The highest BCUT2D eigenvalue weighted by Crippen LogP contribution is 2.35. The van der Waals surface area contributed by atoms with Crippen LogP contribution < -0.4 is 9.47 Å². The van der Waals surface area contributed by atoms with Gasteiger partial charge in [0.05, 0.1) is 18.8 Å². The number of benzene rings is 2. The van der Waals surface area contributed by atoms with Gasteiger partial charge >= 0.3 is 5.97 Å². The Morgan fingerprint density at radius 3 is 2.28 bits per heavy atom. The summed E-state index contributed by atoms with van der Waals surface area (Å²) in [5, 5.41) is 19.5. The first-order chi connectivity index (χ1) is 17.3. The van der Waals surface area contributed by atoms with Crippen molar-refractivity contribution < 1.29 is 29.3 Å². The molecule has 1 aliphatic rings. The average Bonchev–Trinajstić information content (AvgIpc) is 2.85. The van der Waals surface area contributed by atoms with Gasteiger partial charge in [0.25, 0.3) is 0 Å². The summed E-state index contributed by atoms with van der Waals surface area (Å²) in [6.45, 7) is 6.56. The molecule has 0 heterocycles. The fraction of sp³-hybridized carbons (Fsp3) is 0.467. The molecule has 1 atom stereocenters. The summed E-state index contributed by atoms with van der Waals surface area (Å²) in [5.41, 5.74) is 4.89. The maximum atomic E-state index is 11.8. The predicted octanol–water partition coefficient (Wildman–Crippen LogP) is 6.09. The van der Waals surface area contributed by atoms with Crippen molar-refractivity contribution in [1.82, 2.24) is 0 Å². The van der Waals surface area contributed by atoms with Gasteiger partial charge in [-0.3, -0.25) is 4.79 Å². The van der Waals surface area contributed by atoms with Gasteiger partial charge in [0.15, 0.2) is 5.78 Å². The minimum absolute atomic E-state index is 0.0212. The molecule has 1 unspecified atom stereocenters. The molecule has 2 N–H and O–H groups in total. The maximum absolute atomic E-state index is 11.8. The summed E-state index contributed by atoms with van der Waals surface area (Å²) in [6.07, 6.45) is 9.90. The van der Waals surface area contributed by atoms with Gasteiger partial charge in [-0.05, 0) is 79.8 Å². The predicted molar refractivity (Wildman–Crippen MR) is 140 cm³/mol. The lowest BCUT2D eigenvalue weighted by atomic mass is 9.80. The minimum atomic E-state index is -0.902. The first-order valence-corrected chi connectivity index (χ1v) is 13.0. The van der Waals surface area contributed by atoms with Crippen molar-refractivity contribution in [3.05, 3.63) is 64.2 Å². The van der Waals surface area contributed by atoms with Crippen molar-refractivity contribution in [2.24, 2.45) is 5.92 Å². The van der Waals surface area contributed by atoms with E-state index in [1.54, 1.807) is 12.1 Å². The monoisotopic (exact) mass is 494 g/mol. The Kier molecular flexibility index (Phi) is 9.97. The number of allylic oxidation sites excluding steroid dienone is 1. The van der Waals surface area contributed by atoms with Crippen LogP contribution in [0.4, 0.5) is 0 Å². The van der Waals surface area contributed by atoms with Crippen molar-refractivity contribution >= 4 is 11.8 Å². The van der Waals surface area contributed by atoms with Crippen molar-refractivity contribution in [2.45, 2.75) is 72.1 Å². The highest BCUT2D eigenvalue weighted by atomic mass is 16.5. The molecular weight excluding hydrogens is 456 g/mol. The molecule has 0 fully saturated rings. The number of Topliss-reactive ketones (excluding diaryl/α,β-unsaturated/α-hetero) is 1. The lowest BCUT2D eigenvalue weighted by Gasteiger charge is -2.26. The lowest BCUT2D eigenvalue weighted by Crippen LogP contribution is -2.16. The van der Waals surface area contributed by atoms with Crippen LogP contribution in [0.1, 0.15) is 79.1 Å². The fourth-order valence-electron chi connectivity index (χ4n) is 4.91. The van der Waals surface area contributed by atoms with Crippen LogP contribution in [0.3, 0.4) is 0 Å². The summed E-state index contributed by atoms with van der Waals surface area (Å²) >= 11 is 0. The number of aryl methyl sites for hydroxylation is 1. The smallest absolute Gasteiger partial charge is 0.327 e. The van der Waals surface area contributed by atoms with E-state index < -0.39 is 5.97 Å². The van der Waals surface area contributed by atoms with Crippen molar-refractivity contribution in [1.29, 1.82) is 0 Å². The Morgan fingerprint density at radius 1 is 1.00 bits per heavy atom. The number of carbonyl (C=O) groups is 2. The summed E-state index contributed by atoms with van der Waals surface area (Å²) in [6, 6.07) is 7.59. The normalized spacial score (nSPS) is 15.0. The number of carboxylic acid groups (broad SMARTS) is 1. The zero-order valence-electron chi connectivity index (χ0n) is 21.6. The quantitative estimate of drug-likeness (QED) is 0.199. The summed E-state index contributed by atoms with van der Waals surface area (Å²) in [5.74, 6) is 0.695. The van der Waals surface area contributed by atoms with E-state index in [1.807, 2.05) is 13.0 Å². The molecule has 194 valence electrons. The Labute approximate surface area is 214 Å². The second-order valence-corrected chi connectivity index (χ2v) is 9.43. The summed E-state index contributed by atoms with van der Waals surface area (Å²) < 4.78 is 12.2. The number of rotatable bonds is 13. The molecule has 0 spiro atoms. The SMILES string of the molecule is CCCc1c(OCCCOc2ccc3c(c2CCC)CC(/C=C/C(=O)O)CC3)ccc(C(C)=O)c1O. The van der Waals surface area contributed by atoms with Crippen LogP contribution in [0.25, 0.3) is 0 Å². The van der Waals surface area contributed by atoms with Gasteiger partial charge in [0.2, 0.25) is 0 Å². The van der Waals surface area contributed by atoms with Crippen LogP contribution in [0.2, 0.25) is 0 Å². The lowest BCUT2D eigenvalue weighted by molar-refractivity contribution is -0.131. The van der Waals surface area contributed by atoms with E-state index in [1.165, 1.54) is 29.7 Å². The maximum Gasteiger partial charge on any atom is 0.327 e. The van der Waals surface area contributed by atoms with Crippen LogP contribution in [0.15, 0.2) is 36.4 Å². The molecule has 1 aliphatic carbocycles. The highest BCUT2D eigenvalue weighted by molar-refractivity contribution is 5.97. The van der Waals surface area contributed by atoms with Crippen molar-refractivity contribution in [3.63, 3.8) is 0 Å². The Morgan fingerprint density at radius 2 is 1.64 bits per heavy atom. The Hall–Kier alpha value is -3.28. The zero-order valence-corrected chi connectivity index (χ0v) is 21.6. The van der Waals surface area contributed by atoms with Crippen LogP contribution in [-0.2, 0) is 30.5 Å². The third-order valence-electron chi connectivity index (χ3n) is 6.67. The van der Waals surface area contributed by atoms with Gasteiger partial charge in [-0.15, -0.1) is 0 Å². The third-order valence-corrected chi connectivity index (χ3v) is 6.67. The number of phenolic OH excluding ortho intramolecular Hbond substituents is 1. The number of aromatic hydroxyl groups is 1. The van der Waals surface area contributed by atoms with Gasteiger partial charge in [-0.25, -0.2) is 4.79 Å².